The van der Waals surface area contributed by atoms with Crippen molar-refractivity contribution < 1.29 is 9.59 Å². The number of piperazine rings is 1. The highest BCUT2D eigenvalue weighted by Crippen LogP contribution is 2.40. The first-order chi connectivity index (χ1) is 15.2. The maximum absolute atomic E-state index is 13.3. The van der Waals surface area contributed by atoms with Crippen LogP contribution in [0.2, 0.25) is 0 Å². The van der Waals surface area contributed by atoms with Gasteiger partial charge in [0.15, 0.2) is 0 Å². The van der Waals surface area contributed by atoms with Crippen molar-refractivity contribution >= 4 is 28.9 Å². The highest BCUT2D eigenvalue weighted by molar-refractivity contribution is 6.07. The Labute approximate surface area is 184 Å². The number of hydrogen-bond acceptors (Lipinski definition) is 4. The Balaban J connectivity index is 1.35. The minimum atomic E-state index is -0.0474. The number of fused-ring (bicyclic) bond motifs is 3. The number of likely N-dealkylation sites (N-methyl/N-ethyl adjacent to an activating group) is 1. The first kappa shape index (κ1) is 19.9. The fourth-order valence-corrected chi connectivity index (χ4v) is 5.21. The normalized spacial score (nSPS) is 21.1. The second-order valence-electron chi connectivity index (χ2n) is 8.61. The van der Waals surface area contributed by atoms with Crippen LogP contribution in [0.15, 0.2) is 48.5 Å². The highest BCUT2D eigenvalue weighted by atomic mass is 16.2. The number of hydrogen-bond donors (Lipinski definition) is 0. The third-order valence-electron chi connectivity index (χ3n) is 6.88. The maximum Gasteiger partial charge on any atom is 0.254 e. The van der Waals surface area contributed by atoms with E-state index in [1.807, 2.05) is 47.1 Å². The lowest BCUT2D eigenvalue weighted by Crippen LogP contribution is -2.55. The molecule has 1 unspecified atom stereocenters. The van der Waals surface area contributed by atoms with Crippen molar-refractivity contribution in [1.29, 1.82) is 0 Å². The van der Waals surface area contributed by atoms with Crippen LogP contribution in [0.4, 0.5) is 17.1 Å². The minimum Gasteiger partial charge on any atom is -0.368 e. The molecule has 162 valence electrons. The molecule has 2 aromatic rings. The average molecular weight is 419 g/mol. The van der Waals surface area contributed by atoms with Gasteiger partial charge in [-0.2, -0.15) is 0 Å². The number of benzene rings is 2. The van der Waals surface area contributed by atoms with Crippen LogP contribution < -0.4 is 14.7 Å². The van der Waals surface area contributed by atoms with Gasteiger partial charge in [-0.3, -0.25) is 9.59 Å². The van der Waals surface area contributed by atoms with E-state index in [1.54, 1.807) is 0 Å². The highest BCUT2D eigenvalue weighted by Gasteiger charge is 2.39. The molecule has 0 saturated carbocycles. The van der Waals surface area contributed by atoms with Crippen molar-refractivity contribution in [1.82, 2.24) is 4.90 Å². The maximum atomic E-state index is 13.3. The summed E-state index contributed by atoms with van der Waals surface area (Å²) in [5.41, 5.74) is 3.86. The quantitative estimate of drug-likeness (QED) is 0.767. The van der Waals surface area contributed by atoms with Crippen molar-refractivity contribution in [2.75, 3.05) is 54.0 Å². The summed E-state index contributed by atoms with van der Waals surface area (Å²) in [6.07, 6.45) is 3.13. The van der Waals surface area contributed by atoms with Crippen molar-refractivity contribution in [3.8, 4) is 0 Å². The summed E-state index contributed by atoms with van der Waals surface area (Å²) in [5, 5.41) is 0. The lowest BCUT2D eigenvalue weighted by molar-refractivity contribution is -0.120. The molecule has 5 rings (SSSR count). The number of para-hydroxylation sites is 1. The summed E-state index contributed by atoms with van der Waals surface area (Å²) in [6, 6.07) is 16.2. The summed E-state index contributed by atoms with van der Waals surface area (Å²) >= 11 is 0. The number of anilines is 3. The Morgan fingerprint density at radius 1 is 0.935 bits per heavy atom. The minimum absolute atomic E-state index is 0.0474. The molecule has 2 aromatic carbocycles. The number of carbonyl (C=O) groups is 2. The molecule has 6 nitrogen and oxygen atoms in total. The first-order valence-electron chi connectivity index (χ1n) is 11.5. The van der Waals surface area contributed by atoms with E-state index in [9.17, 15) is 9.59 Å². The van der Waals surface area contributed by atoms with Crippen LogP contribution in [-0.2, 0) is 4.79 Å². The van der Waals surface area contributed by atoms with Gasteiger partial charge in [-0.25, -0.2) is 0 Å². The molecule has 6 heteroatoms. The van der Waals surface area contributed by atoms with Crippen LogP contribution in [0, 0.1) is 0 Å². The number of amides is 2. The van der Waals surface area contributed by atoms with E-state index in [1.165, 1.54) is 5.69 Å². The molecule has 3 heterocycles. The molecule has 2 amide bonds. The van der Waals surface area contributed by atoms with Gasteiger partial charge < -0.3 is 19.6 Å². The molecule has 0 spiro atoms. The van der Waals surface area contributed by atoms with E-state index in [-0.39, 0.29) is 17.9 Å². The molecule has 2 fully saturated rings. The zero-order valence-electron chi connectivity index (χ0n) is 18.2. The third-order valence-corrected chi connectivity index (χ3v) is 6.88. The van der Waals surface area contributed by atoms with E-state index in [2.05, 4.69) is 28.0 Å². The summed E-state index contributed by atoms with van der Waals surface area (Å²) in [5.74, 6) is 0.232. The number of rotatable bonds is 3. The Bertz CT molecular complexity index is 969. The van der Waals surface area contributed by atoms with E-state index < -0.39 is 0 Å². The van der Waals surface area contributed by atoms with Crippen LogP contribution in [0.1, 0.15) is 36.5 Å². The monoisotopic (exact) mass is 418 g/mol. The van der Waals surface area contributed by atoms with Crippen LogP contribution in [0.25, 0.3) is 0 Å². The molecule has 31 heavy (non-hydrogen) atoms. The topological polar surface area (TPSA) is 47.1 Å². The number of piperidine rings is 1. The van der Waals surface area contributed by atoms with Crippen molar-refractivity contribution in [3.63, 3.8) is 0 Å². The Hall–Kier alpha value is -3.02. The van der Waals surface area contributed by atoms with Crippen LogP contribution in [0.5, 0.6) is 0 Å². The smallest absolute Gasteiger partial charge is 0.254 e. The first-order valence-corrected chi connectivity index (χ1v) is 11.5. The van der Waals surface area contributed by atoms with Gasteiger partial charge in [0.05, 0.1) is 11.4 Å². The molecular formula is C25H30N4O2. The Morgan fingerprint density at radius 2 is 1.71 bits per heavy atom. The van der Waals surface area contributed by atoms with Crippen molar-refractivity contribution in [2.45, 2.75) is 32.2 Å². The Kier molecular flexibility index (Phi) is 5.30. The van der Waals surface area contributed by atoms with Gasteiger partial charge in [0, 0.05) is 50.5 Å². The van der Waals surface area contributed by atoms with Gasteiger partial charge in [-0.15, -0.1) is 0 Å². The lowest BCUT2D eigenvalue weighted by atomic mass is 9.95. The van der Waals surface area contributed by atoms with Gasteiger partial charge in [0.1, 0.15) is 6.04 Å². The molecule has 2 saturated heterocycles. The Morgan fingerprint density at radius 3 is 2.45 bits per heavy atom. The van der Waals surface area contributed by atoms with Crippen LogP contribution in [-0.4, -0.2) is 62.0 Å². The predicted molar refractivity (Wildman–Crippen MR) is 124 cm³/mol. The van der Waals surface area contributed by atoms with Gasteiger partial charge in [0.25, 0.3) is 5.91 Å². The fourth-order valence-electron chi connectivity index (χ4n) is 5.21. The summed E-state index contributed by atoms with van der Waals surface area (Å²) in [6.45, 7) is 6.62. The third kappa shape index (κ3) is 3.54. The summed E-state index contributed by atoms with van der Waals surface area (Å²) in [7, 11) is 0. The second-order valence-corrected chi connectivity index (χ2v) is 8.61. The fraction of sp³-hybridized carbons (Fsp3) is 0.440. The summed E-state index contributed by atoms with van der Waals surface area (Å²) in [4.78, 5) is 34.7. The lowest BCUT2D eigenvalue weighted by Gasteiger charge is -2.45. The van der Waals surface area contributed by atoms with Gasteiger partial charge in [-0.1, -0.05) is 18.2 Å². The van der Waals surface area contributed by atoms with Crippen molar-refractivity contribution in [2.24, 2.45) is 0 Å². The second kappa shape index (κ2) is 8.25. The zero-order chi connectivity index (χ0) is 21.4. The largest absolute Gasteiger partial charge is 0.368 e. The molecule has 3 aliphatic rings. The molecule has 3 aliphatic heterocycles. The molecule has 0 radical (unpaired) electrons. The van der Waals surface area contributed by atoms with Crippen LogP contribution >= 0.6 is 0 Å². The van der Waals surface area contributed by atoms with Crippen molar-refractivity contribution in [3.05, 3.63) is 54.1 Å². The van der Waals surface area contributed by atoms with Gasteiger partial charge >= 0.3 is 0 Å². The molecule has 1 atom stereocenters. The van der Waals surface area contributed by atoms with E-state index in [0.717, 1.165) is 50.3 Å². The standard InChI is InChI=1S/C25H30N4O2/c1-2-28-23-18-19(11-12-21(23)29-13-7-6-10-22(29)25(28)31)24(30)27-16-14-26(15-17-27)20-8-4-3-5-9-20/h3-5,8-9,11-12,18,22H,2,6-7,10,13-17H2,1H3. The SMILES string of the molecule is CCN1C(=O)C2CCCCN2c2ccc(C(=O)N3CCN(c4ccccc4)CC3)cc21. The molecule has 0 aromatic heterocycles. The zero-order valence-corrected chi connectivity index (χ0v) is 18.2. The summed E-state index contributed by atoms with van der Waals surface area (Å²) < 4.78 is 0. The van der Waals surface area contributed by atoms with E-state index >= 15 is 0 Å². The molecular weight excluding hydrogens is 388 g/mol. The predicted octanol–water partition coefficient (Wildman–Crippen LogP) is 3.37. The molecule has 0 aliphatic carbocycles. The van der Waals surface area contributed by atoms with Crippen LogP contribution in [0.3, 0.4) is 0 Å². The number of nitrogens with zero attached hydrogens (tertiary/aromatic N) is 4. The molecule has 0 bridgehead atoms. The van der Waals surface area contributed by atoms with Gasteiger partial charge in [-0.05, 0) is 56.5 Å². The number of carbonyl (C=O) groups excluding carboxylic acids is 2. The average Bonchev–Trinajstić information content (AvgIpc) is 2.84. The van der Waals surface area contributed by atoms with E-state index in [4.69, 9.17) is 0 Å². The molecule has 0 N–H and O–H groups in total. The van der Waals surface area contributed by atoms with Gasteiger partial charge in [0.2, 0.25) is 5.91 Å². The van der Waals surface area contributed by atoms with E-state index in [0.29, 0.717) is 25.2 Å².